The molecule has 0 aromatic rings. The minimum Gasteiger partial charge on any atom is -0.380 e. The second-order valence-corrected chi connectivity index (χ2v) is 19.2. The van der Waals surface area contributed by atoms with Gasteiger partial charge in [-0.2, -0.15) is 0 Å². The molecule has 3 heterocycles. The van der Waals surface area contributed by atoms with Crippen LogP contribution in [-0.2, 0) is 129 Å². The van der Waals surface area contributed by atoms with Crippen molar-refractivity contribution in [2.24, 2.45) is 5.41 Å². The maximum Gasteiger partial charge on any atom is 0.335 e. The van der Waals surface area contributed by atoms with E-state index in [9.17, 15) is 57.5 Å². The fraction of sp³-hybridized carbons (Fsp3) is 0.774. The summed E-state index contributed by atoms with van der Waals surface area (Å²) in [6, 6.07) is 0. The van der Waals surface area contributed by atoms with Gasteiger partial charge in [0.2, 0.25) is 17.7 Å². The van der Waals surface area contributed by atoms with Gasteiger partial charge in [-0.25, -0.2) is 14.4 Å². The van der Waals surface area contributed by atoms with E-state index in [1.807, 2.05) is 6.92 Å². The van der Waals surface area contributed by atoms with Gasteiger partial charge in [-0.15, -0.1) is 15.2 Å². The van der Waals surface area contributed by atoms with E-state index in [0.717, 1.165) is 0 Å². The van der Waals surface area contributed by atoms with Crippen LogP contribution < -0.4 is 16.0 Å². The minimum atomic E-state index is -0.757. The highest BCUT2D eigenvalue weighted by Crippen LogP contribution is 2.20. The summed E-state index contributed by atoms with van der Waals surface area (Å²) < 4.78 is 66.2. The molecule has 86 heavy (non-hydrogen) atoms. The van der Waals surface area contributed by atoms with Crippen LogP contribution in [-0.4, -0.2) is 264 Å². The summed E-state index contributed by atoms with van der Waals surface area (Å²) in [6.07, 6.45) is -0.204. The molecule has 33 nitrogen and oxygen atoms in total. The van der Waals surface area contributed by atoms with E-state index in [-0.39, 0.29) is 273 Å². The van der Waals surface area contributed by atoms with Gasteiger partial charge in [-0.05, 0) is 0 Å². The van der Waals surface area contributed by atoms with E-state index in [0.29, 0.717) is 15.2 Å². The molecular weight excluding hydrogens is 1150 g/mol. The Hall–Kier alpha value is -6.24. The Morgan fingerprint density at radius 1 is 0.302 bits per heavy atom. The number of nitrogens with one attached hydrogen (secondary N) is 3. The SMILES string of the molecule is CC(COCCC(=O)NCCOCCOCCOCCC(=O)ON1C(=O)CCC1=O)(COCCC(=O)NCCOCCOCCOCCC(=O)ON1C(=O)CCC1=O)COCCC(=O)NCCOCCOCCOCCC(=O)ON1C(=O)CCC1=O. The highest BCUT2D eigenvalue weighted by atomic mass is 16.7. The van der Waals surface area contributed by atoms with Gasteiger partial charge in [-0.3, -0.25) is 43.2 Å². The lowest BCUT2D eigenvalue weighted by Crippen LogP contribution is -2.36. The van der Waals surface area contributed by atoms with Crippen molar-refractivity contribution in [3.8, 4) is 0 Å². The molecular formula is C53H84N6O27. The third-order valence-corrected chi connectivity index (χ3v) is 11.7. The zero-order chi connectivity index (χ0) is 62.5. The lowest BCUT2D eigenvalue weighted by atomic mass is 9.94. The van der Waals surface area contributed by atoms with E-state index in [1.54, 1.807) is 0 Å². The summed E-state index contributed by atoms with van der Waals surface area (Å²) in [7, 11) is 0. The predicted octanol–water partition coefficient (Wildman–Crippen LogP) is -2.30. The van der Waals surface area contributed by atoms with Crippen molar-refractivity contribution in [2.75, 3.05) is 178 Å². The fourth-order valence-electron chi connectivity index (χ4n) is 7.14. The van der Waals surface area contributed by atoms with Crippen LogP contribution in [0.2, 0.25) is 0 Å². The molecule has 0 bridgehead atoms. The topological polar surface area (TPSA) is 389 Å². The smallest absolute Gasteiger partial charge is 0.335 e. The van der Waals surface area contributed by atoms with Gasteiger partial charge < -0.3 is 87.3 Å². The number of imide groups is 3. The molecule has 0 aromatic heterocycles. The molecule has 0 saturated carbocycles. The lowest BCUT2D eigenvalue weighted by molar-refractivity contribution is -0.198. The molecule has 0 radical (unpaired) electrons. The van der Waals surface area contributed by atoms with Crippen LogP contribution in [0.1, 0.15) is 84.0 Å². The largest absolute Gasteiger partial charge is 0.380 e. The van der Waals surface area contributed by atoms with Crippen molar-refractivity contribution in [1.29, 1.82) is 0 Å². The van der Waals surface area contributed by atoms with E-state index in [4.69, 9.17) is 71.4 Å². The van der Waals surface area contributed by atoms with Crippen LogP contribution in [0, 0.1) is 5.41 Å². The number of hydrogen-bond acceptors (Lipinski definition) is 27. The number of hydrogen-bond donors (Lipinski definition) is 3. The molecule has 3 aliphatic rings. The third-order valence-electron chi connectivity index (χ3n) is 11.7. The van der Waals surface area contributed by atoms with Gasteiger partial charge in [0.1, 0.15) is 0 Å². The molecule has 488 valence electrons. The van der Waals surface area contributed by atoms with Gasteiger partial charge in [0.25, 0.3) is 35.4 Å². The summed E-state index contributed by atoms with van der Waals surface area (Å²) in [4.78, 5) is 156. The minimum absolute atomic E-state index is 0.0102. The number of hydroxylamine groups is 6. The van der Waals surface area contributed by atoms with Crippen LogP contribution >= 0.6 is 0 Å². The van der Waals surface area contributed by atoms with Crippen LogP contribution in [0.5, 0.6) is 0 Å². The van der Waals surface area contributed by atoms with E-state index < -0.39 is 58.8 Å². The molecule has 0 aliphatic carbocycles. The summed E-state index contributed by atoms with van der Waals surface area (Å²) in [5.74, 6) is -6.40. The van der Waals surface area contributed by atoms with Crippen molar-refractivity contribution in [2.45, 2.75) is 84.0 Å². The average Bonchev–Trinajstić information content (AvgIpc) is 4.30. The van der Waals surface area contributed by atoms with Gasteiger partial charge in [0.15, 0.2) is 0 Å². The van der Waals surface area contributed by atoms with Gasteiger partial charge in [0, 0.05) is 82.8 Å². The first-order chi connectivity index (χ1) is 41.6. The molecule has 3 fully saturated rings. The van der Waals surface area contributed by atoms with E-state index in [1.165, 1.54) is 0 Å². The van der Waals surface area contributed by atoms with E-state index in [2.05, 4.69) is 16.0 Å². The van der Waals surface area contributed by atoms with E-state index >= 15 is 0 Å². The molecule has 33 heteroatoms. The molecule has 0 unspecified atom stereocenters. The quantitative estimate of drug-likeness (QED) is 0.0426. The molecule has 3 saturated heterocycles. The predicted molar refractivity (Wildman–Crippen MR) is 286 cm³/mol. The number of ether oxygens (including phenoxy) is 12. The first kappa shape index (κ1) is 74.0. The number of amides is 9. The fourth-order valence-corrected chi connectivity index (χ4v) is 7.14. The maximum atomic E-state index is 12.5. The van der Waals surface area contributed by atoms with Crippen LogP contribution in [0.3, 0.4) is 0 Å². The second kappa shape index (κ2) is 46.0. The molecule has 0 spiro atoms. The number of carbonyl (C=O) groups excluding carboxylic acids is 12. The third kappa shape index (κ3) is 35.4. The van der Waals surface area contributed by atoms with Crippen molar-refractivity contribution < 1.29 is 129 Å². The average molecular weight is 1240 g/mol. The number of carbonyl (C=O) groups is 12. The standard InChI is InChI=1S/C53H84N6O27/c1-53(38-81-17-8-41(60)54-14-23-75-29-35-78-32-26-72-20-11-50(69)84-57-44(63)2-3-45(57)64,39-82-18-9-42(61)55-15-24-76-30-36-79-33-27-73-21-12-51(70)85-58-46(65)4-5-47(58)66)40-83-19-10-43(62)56-16-25-77-31-37-80-34-28-74-22-13-52(71)86-59-48(67)6-7-49(59)68/h2-40H2,1H3,(H,54,60)(H,55,61)(H,56,62). The highest BCUT2D eigenvalue weighted by molar-refractivity contribution is 6.03. The van der Waals surface area contributed by atoms with Gasteiger partial charge >= 0.3 is 17.9 Å². The Bertz CT molecular complexity index is 1850. The highest BCUT2D eigenvalue weighted by Gasteiger charge is 2.35. The first-order valence-electron chi connectivity index (χ1n) is 28.5. The molecule has 0 atom stereocenters. The molecule has 3 rings (SSSR count). The number of rotatable bonds is 54. The Kier molecular flexibility index (Phi) is 39.6. The normalized spacial score (nSPS) is 14.4. The van der Waals surface area contributed by atoms with Gasteiger partial charge in [0.05, 0.1) is 178 Å². The number of nitrogens with zero attached hydrogens (tertiary/aromatic N) is 3. The molecule has 9 amide bonds. The van der Waals surface area contributed by atoms with Crippen molar-refractivity contribution >= 4 is 71.1 Å². The second-order valence-electron chi connectivity index (χ2n) is 19.2. The zero-order valence-electron chi connectivity index (χ0n) is 48.9. The Morgan fingerprint density at radius 3 is 0.733 bits per heavy atom. The summed E-state index contributed by atoms with van der Waals surface area (Å²) in [6.45, 7) is 6.78. The molecule has 0 aromatic carbocycles. The molecule has 3 N–H and O–H groups in total. The summed E-state index contributed by atoms with van der Waals surface area (Å²) in [5.41, 5.74) is -0.735. The Labute approximate surface area is 497 Å². The van der Waals surface area contributed by atoms with Crippen molar-refractivity contribution in [1.82, 2.24) is 31.1 Å². The Morgan fingerprint density at radius 2 is 0.500 bits per heavy atom. The monoisotopic (exact) mass is 1240 g/mol. The summed E-state index contributed by atoms with van der Waals surface area (Å²) in [5, 5.41) is 9.70. The van der Waals surface area contributed by atoms with Gasteiger partial charge in [-0.1, -0.05) is 6.92 Å². The lowest BCUT2D eigenvalue weighted by Gasteiger charge is -2.29. The van der Waals surface area contributed by atoms with Crippen LogP contribution in [0.25, 0.3) is 0 Å². The maximum absolute atomic E-state index is 12.5. The summed E-state index contributed by atoms with van der Waals surface area (Å²) >= 11 is 0. The van der Waals surface area contributed by atoms with Crippen LogP contribution in [0.15, 0.2) is 0 Å². The first-order valence-corrected chi connectivity index (χ1v) is 28.5. The molecule has 3 aliphatic heterocycles. The van der Waals surface area contributed by atoms with Crippen molar-refractivity contribution in [3.05, 3.63) is 0 Å². The Balaban J connectivity index is 1.21. The zero-order valence-corrected chi connectivity index (χ0v) is 48.9. The van der Waals surface area contributed by atoms with Crippen molar-refractivity contribution in [3.63, 3.8) is 0 Å². The van der Waals surface area contributed by atoms with Crippen LogP contribution in [0.4, 0.5) is 0 Å².